The summed E-state index contributed by atoms with van der Waals surface area (Å²) in [6, 6.07) is 13.3. The molecule has 2 atom stereocenters. The molecule has 3 aromatic rings. The average molecular weight is 1140 g/mol. The maximum atomic E-state index is 13.7. The highest BCUT2D eigenvalue weighted by Gasteiger charge is 2.36. The van der Waals surface area contributed by atoms with Crippen molar-refractivity contribution in [3.63, 3.8) is 0 Å². The first-order valence-electron chi connectivity index (χ1n) is 28.7. The third-order valence-corrected chi connectivity index (χ3v) is 15.3. The number of nitrogens with zero attached hydrogens (tertiary/aromatic N) is 7. The zero-order valence-electron chi connectivity index (χ0n) is 47.7. The molecule has 21 nitrogen and oxygen atoms in total. The van der Waals surface area contributed by atoms with Gasteiger partial charge in [-0.05, 0) is 86.2 Å². The lowest BCUT2D eigenvalue weighted by molar-refractivity contribution is -0.137. The number of nitrogens with one attached hydrogen (secondary N) is 1. The summed E-state index contributed by atoms with van der Waals surface area (Å²) in [5.74, 6) is 0.533. The second-order valence-corrected chi connectivity index (χ2v) is 21.5. The molecule has 3 fully saturated rings. The van der Waals surface area contributed by atoms with Crippen molar-refractivity contribution in [1.29, 1.82) is 0 Å². The molecule has 1 N–H and O–H groups in total. The molecule has 0 unspecified atom stereocenters. The highest BCUT2D eigenvalue weighted by atomic mass is 16.6. The van der Waals surface area contributed by atoms with Crippen LogP contribution >= 0.6 is 0 Å². The van der Waals surface area contributed by atoms with Gasteiger partial charge in [-0.1, -0.05) is 24.3 Å². The van der Waals surface area contributed by atoms with Gasteiger partial charge in [-0.25, -0.2) is 0 Å². The summed E-state index contributed by atoms with van der Waals surface area (Å²) in [6.07, 6.45) is 9.55. The molecule has 3 saturated heterocycles. The fraction of sp³-hybridized carbons (Fsp3) is 0.484. The van der Waals surface area contributed by atoms with E-state index in [0.717, 1.165) is 77.6 Å². The monoisotopic (exact) mass is 1140 g/mol. The van der Waals surface area contributed by atoms with Crippen molar-refractivity contribution in [3.8, 4) is 17.2 Å². The normalized spacial score (nSPS) is 18.4. The topological polar surface area (TPSA) is 220 Å². The van der Waals surface area contributed by atoms with E-state index in [1.165, 1.54) is 12.2 Å². The van der Waals surface area contributed by atoms with Crippen molar-refractivity contribution >= 4 is 64.8 Å². The van der Waals surface area contributed by atoms with Gasteiger partial charge in [0, 0.05) is 121 Å². The molecule has 0 aromatic heterocycles. The molecule has 0 aliphatic carbocycles. The summed E-state index contributed by atoms with van der Waals surface area (Å²) in [5.41, 5.74) is 7.85. The molecule has 0 saturated carbocycles. The van der Waals surface area contributed by atoms with Crippen molar-refractivity contribution in [3.05, 3.63) is 107 Å². The summed E-state index contributed by atoms with van der Waals surface area (Å²) in [4.78, 5) is 94.0. The zero-order chi connectivity index (χ0) is 58.2. The van der Waals surface area contributed by atoms with Gasteiger partial charge in [-0.15, -0.1) is 0 Å². The number of imide groups is 1. The van der Waals surface area contributed by atoms with E-state index >= 15 is 0 Å². The van der Waals surface area contributed by atoms with Gasteiger partial charge < -0.3 is 53.2 Å². The lowest BCUT2D eigenvalue weighted by atomic mass is 10.1. The number of amides is 5. The summed E-state index contributed by atoms with van der Waals surface area (Å²) >= 11 is 0. The number of aliphatic imine (C=N–C) groups is 2. The number of fused-ring (bicyclic) bond motifs is 4. The van der Waals surface area contributed by atoms with Gasteiger partial charge in [0.15, 0.2) is 11.5 Å². The molecule has 6 aliphatic rings. The Hall–Kier alpha value is -7.56. The number of methoxy groups -OCH3 is 1. The van der Waals surface area contributed by atoms with Gasteiger partial charge in [0.05, 0.1) is 87.9 Å². The molecule has 442 valence electrons. The summed E-state index contributed by atoms with van der Waals surface area (Å²) in [7, 11) is 1.56. The molecule has 6 aliphatic heterocycles. The van der Waals surface area contributed by atoms with Crippen molar-refractivity contribution in [1.82, 2.24) is 24.9 Å². The van der Waals surface area contributed by atoms with Gasteiger partial charge in [0.25, 0.3) is 23.6 Å². The van der Waals surface area contributed by atoms with E-state index in [1.54, 1.807) is 24.1 Å². The Morgan fingerprint density at radius 3 is 1.77 bits per heavy atom. The highest BCUT2D eigenvalue weighted by molar-refractivity contribution is 6.13. The molecule has 21 heteroatoms. The first-order valence-corrected chi connectivity index (χ1v) is 28.7. The van der Waals surface area contributed by atoms with Crippen LogP contribution in [0.4, 0.5) is 17.1 Å². The number of benzene rings is 3. The van der Waals surface area contributed by atoms with E-state index in [1.807, 2.05) is 36.4 Å². The van der Waals surface area contributed by atoms with Crippen molar-refractivity contribution in [2.45, 2.75) is 77.2 Å². The van der Waals surface area contributed by atoms with Crippen LogP contribution in [0.5, 0.6) is 17.2 Å². The third-order valence-electron chi connectivity index (χ3n) is 15.3. The van der Waals surface area contributed by atoms with Crippen LogP contribution in [0.15, 0.2) is 88.9 Å². The van der Waals surface area contributed by atoms with Gasteiger partial charge >= 0.3 is 0 Å². The van der Waals surface area contributed by atoms with E-state index in [2.05, 4.69) is 46.5 Å². The predicted molar refractivity (Wildman–Crippen MR) is 312 cm³/mol. The Balaban J connectivity index is 0.687. The smallest absolute Gasteiger partial charge is 0.257 e. The van der Waals surface area contributed by atoms with Crippen LogP contribution in [0.25, 0.3) is 0 Å². The lowest BCUT2D eigenvalue weighted by Crippen LogP contribution is -2.47. The van der Waals surface area contributed by atoms with Crippen LogP contribution < -0.4 is 24.4 Å². The zero-order valence-corrected chi connectivity index (χ0v) is 47.7. The van der Waals surface area contributed by atoms with Crippen LogP contribution in [0.2, 0.25) is 0 Å². The fourth-order valence-corrected chi connectivity index (χ4v) is 10.8. The maximum absolute atomic E-state index is 13.7. The second kappa shape index (κ2) is 29.1. The number of hydrogen-bond acceptors (Lipinski definition) is 17. The molecule has 0 radical (unpaired) electrons. The summed E-state index contributed by atoms with van der Waals surface area (Å²) in [6.45, 7) is 19.4. The third kappa shape index (κ3) is 16.2. The number of rotatable bonds is 31. The predicted octanol–water partition coefficient (Wildman–Crippen LogP) is 5.88. The molecular weight excluding hydrogens is 1060 g/mol. The van der Waals surface area contributed by atoms with E-state index in [4.69, 9.17) is 43.1 Å². The number of piperazine rings is 1. The van der Waals surface area contributed by atoms with Crippen LogP contribution in [0.3, 0.4) is 0 Å². The van der Waals surface area contributed by atoms with E-state index in [-0.39, 0.29) is 80.0 Å². The standard InChI is InChI=1S/C62H76N8O13/c1-42-27-48-36-64-53-34-55(44(3)29-51(53)61(75)69(48)38-42)82-40-45-30-46(41-83-57-35-54-52(33-56(57)77-4)62(76)70-39-43(2)28-49(70)37-65-54)32-47(31-45)67-17-15-66(16-18-67)13-6-12-63-58(72)11-20-79-22-24-81-26-25-80-23-21-78-19-5-7-50(71)10-14-68-59(73)8-9-60(68)74/h8-9,29-37,48-49H,1-2,5-7,10-28,38-41H2,3-4H3,(H,63,72)/t48-,49-/m0/s1. The van der Waals surface area contributed by atoms with Crippen LogP contribution in [-0.2, 0) is 51.3 Å². The maximum Gasteiger partial charge on any atom is 0.257 e. The van der Waals surface area contributed by atoms with Crippen molar-refractivity contribution in [2.24, 2.45) is 9.98 Å². The first kappa shape index (κ1) is 60.0. The second-order valence-electron chi connectivity index (χ2n) is 21.5. The highest BCUT2D eigenvalue weighted by Crippen LogP contribution is 2.40. The molecule has 0 spiro atoms. The molecule has 9 rings (SSSR count). The minimum absolute atomic E-state index is 0.0214. The van der Waals surface area contributed by atoms with Crippen LogP contribution in [0, 0.1) is 6.92 Å². The van der Waals surface area contributed by atoms with E-state index in [0.29, 0.717) is 138 Å². The van der Waals surface area contributed by atoms with E-state index < -0.39 is 0 Å². The largest absolute Gasteiger partial charge is 0.493 e. The molecule has 0 bridgehead atoms. The van der Waals surface area contributed by atoms with Crippen LogP contribution in [0.1, 0.15) is 82.4 Å². The summed E-state index contributed by atoms with van der Waals surface area (Å²) < 4.78 is 41.0. The number of carbonyl (C=O) groups is 6. The summed E-state index contributed by atoms with van der Waals surface area (Å²) in [5, 5.41) is 3.02. The molecule has 83 heavy (non-hydrogen) atoms. The van der Waals surface area contributed by atoms with E-state index in [9.17, 15) is 28.8 Å². The number of hydrogen-bond donors (Lipinski definition) is 1. The Labute approximate surface area is 484 Å². The van der Waals surface area contributed by atoms with Crippen molar-refractivity contribution in [2.75, 3.05) is 124 Å². The fourth-order valence-electron chi connectivity index (χ4n) is 10.8. The van der Waals surface area contributed by atoms with Gasteiger partial charge in [0.2, 0.25) is 5.91 Å². The minimum Gasteiger partial charge on any atom is -0.493 e. The molecular formula is C62H76N8O13. The molecule has 3 aromatic carbocycles. The van der Waals surface area contributed by atoms with Crippen LogP contribution in [-0.4, -0.2) is 198 Å². The minimum atomic E-state index is -0.383. The Bertz CT molecular complexity index is 2990. The Kier molecular flexibility index (Phi) is 21.1. The van der Waals surface area contributed by atoms with Gasteiger partial charge in [-0.3, -0.25) is 48.6 Å². The number of ether oxygens (including phenoxy) is 7. The first-order chi connectivity index (χ1) is 40.3. The molecule has 6 heterocycles. The quantitative estimate of drug-likeness (QED) is 0.0452. The van der Waals surface area contributed by atoms with Gasteiger partial charge in [0.1, 0.15) is 24.7 Å². The number of Topliss-reactive ketones (excluding diaryl/α,β-unsaturated/α-hetero) is 1. The van der Waals surface area contributed by atoms with Crippen molar-refractivity contribution < 1.29 is 61.9 Å². The Morgan fingerprint density at radius 2 is 1.17 bits per heavy atom. The number of ketones is 1. The number of anilines is 1. The SMILES string of the molecule is C=C1C[C@H]2C=Nc3cc(OCc4cc(COc5cc6c(cc5OC)C(=O)N5CC(=C)C[C@H]5C=N6)cc(N5CCN(CCCNC(=O)CCOCCOCCOCCOCCCC(=O)CCN6C(=O)C=CC6=O)CC5)c4)c(C)cc3C(=O)N2C1. The number of aryl methyl sites for hydroxylation is 1. The van der Waals surface area contributed by atoms with Gasteiger partial charge in [-0.2, -0.15) is 0 Å². The average Bonchev–Trinajstić information content (AvgIpc) is 4.37. The Morgan fingerprint density at radius 1 is 0.614 bits per heavy atom. The molecule has 5 amide bonds. The lowest BCUT2D eigenvalue weighted by Gasteiger charge is -2.36. The number of carbonyl (C=O) groups excluding carboxylic acids is 6.